The van der Waals surface area contributed by atoms with Gasteiger partial charge in [0.2, 0.25) is 0 Å². The van der Waals surface area contributed by atoms with Gasteiger partial charge >= 0.3 is 5.97 Å². The van der Waals surface area contributed by atoms with Crippen molar-refractivity contribution in [1.82, 2.24) is 4.90 Å². The molecule has 3 rings (SSSR count). The molecule has 0 aliphatic carbocycles. The van der Waals surface area contributed by atoms with Crippen LogP contribution in [0.4, 0.5) is 0 Å². The van der Waals surface area contributed by atoms with Crippen LogP contribution in [0.2, 0.25) is 0 Å². The van der Waals surface area contributed by atoms with Gasteiger partial charge in [-0.05, 0) is 30.5 Å². The molecule has 0 saturated carbocycles. The first-order valence-electron chi connectivity index (χ1n) is 9.45. The first-order valence-corrected chi connectivity index (χ1v) is 9.45. The van der Waals surface area contributed by atoms with Crippen molar-refractivity contribution in [1.29, 1.82) is 0 Å². The third-order valence-corrected chi connectivity index (χ3v) is 4.85. The molecule has 1 aliphatic rings. The molecule has 1 N–H and O–H groups in total. The molecular weight excluding hydrogens is 340 g/mol. The second kappa shape index (κ2) is 9.88. The summed E-state index contributed by atoms with van der Waals surface area (Å²) >= 11 is 0. The smallest absolute Gasteiger partial charge is 0.307 e. The number of rotatable bonds is 8. The van der Waals surface area contributed by atoms with Crippen molar-refractivity contribution in [3.05, 3.63) is 71.8 Å². The number of oxime groups is 1. The summed E-state index contributed by atoms with van der Waals surface area (Å²) in [6.07, 6.45) is 2.39. The molecule has 1 aliphatic heterocycles. The summed E-state index contributed by atoms with van der Waals surface area (Å²) in [6, 6.07) is 20.3. The Morgan fingerprint density at radius 3 is 2.52 bits per heavy atom. The summed E-state index contributed by atoms with van der Waals surface area (Å²) in [4.78, 5) is 18.9. The Morgan fingerprint density at radius 2 is 1.81 bits per heavy atom. The highest BCUT2D eigenvalue weighted by atomic mass is 16.6. The number of nitrogens with zero attached hydrogens (tertiary/aromatic N) is 2. The number of carboxylic acids is 1. The van der Waals surface area contributed by atoms with Gasteiger partial charge in [-0.15, -0.1) is 0 Å². The summed E-state index contributed by atoms with van der Waals surface area (Å²) in [5.41, 5.74) is 3.12. The van der Waals surface area contributed by atoms with Gasteiger partial charge in [0.05, 0.1) is 11.6 Å². The molecule has 0 radical (unpaired) electrons. The molecule has 0 aromatic heterocycles. The SMILES string of the molecule is O=C(O)[C@@H]1CCCN(CCO/N=C(/Cc2ccccc2)c2ccccc2)C1. The Kier molecular flexibility index (Phi) is 6.99. The van der Waals surface area contributed by atoms with Crippen LogP contribution in [-0.4, -0.2) is 47.9 Å². The van der Waals surface area contributed by atoms with E-state index in [0.29, 0.717) is 26.1 Å². The van der Waals surface area contributed by atoms with Crippen LogP contribution >= 0.6 is 0 Å². The van der Waals surface area contributed by atoms with Crippen LogP contribution in [0.15, 0.2) is 65.8 Å². The molecular formula is C22H26N2O3. The minimum absolute atomic E-state index is 0.264. The zero-order valence-electron chi connectivity index (χ0n) is 15.5. The third-order valence-electron chi connectivity index (χ3n) is 4.85. The van der Waals surface area contributed by atoms with Gasteiger partial charge in [0.15, 0.2) is 0 Å². The van der Waals surface area contributed by atoms with Gasteiger partial charge < -0.3 is 9.94 Å². The second-order valence-corrected chi connectivity index (χ2v) is 6.88. The standard InChI is InChI=1S/C22H26N2O3/c25-22(26)20-12-7-13-24(17-20)14-15-27-23-21(19-10-5-2-6-11-19)16-18-8-3-1-4-9-18/h1-6,8-11,20H,7,12-17H2,(H,25,26)/b23-21-/t20-/m1/s1. The van der Waals surface area contributed by atoms with Crippen LogP contribution in [0.3, 0.4) is 0 Å². The predicted octanol–water partition coefficient (Wildman–Crippen LogP) is 3.45. The molecule has 1 fully saturated rings. The summed E-state index contributed by atoms with van der Waals surface area (Å²) in [7, 11) is 0. The van der Waals surface area contributed by atoms with Crippen molar-refractivity contribution in [3.63, 3.8) is 0 Å². The molecule has 1 saturated heterocycles. The molecule has 5 heteroatoms. The molecule has 0 spiro atoms. The van der Waals surface area contributed by atoms with E-state index in [1.54, 1.807) is 0 Å². The summed E-state index contributed by atoms with van der Waals surface area (Å²) < 4.78 is 0. The lowest BCUT2D eigenvalue weighted by Gasteiger charge is -2.29. The van der Waals surface area contributed by atoms with E-state index >= 15 is 0 Å². The molecule has 0 amide bonds. The molecule has 27 heavy (non-hydrogen) atoms. The number of likely N-dealkylation sites (tertiary alicyclic amines) is 1. The summed E-state index contributed by atoms with van der Waals surface area (Å²) in [5, 5.41) is 13.6. The average Bonchev–Trinajstić information content (AvgIpc) is 2.72. The largest absolute Gasteiger partial charge is 0.481 e. The maximum atomic E-state index is 11.2. The highest BCUT2D eigenvalue weighted by molar-refractivity contribution is 6.01. The second-order valence-electron chi connectivity index (χ2n) is 6.88. The number of aliphatic carboxylic acids is 1. The maximum absolute atomic E-state index is 11.2. The quantitative estimate of drug-likeness (QED) is 0.442. The highest BCUT2D eigenvalue weighted by Gasteiger charge is 2.24. The Hall–Kier alpha value is -2.66. The van der Waals surface area contributed by atoms with E-state index in [4.69, 9.17) is 4.84 Å². The van der Waals surface area contributed by atoms with Crippen molar-refractivity contribution in [2.24, 2.45) is 11.1 Å². The van der Waals surface area contributed by atoms with E-state index < -0.39 is 5.97 Å². The van der Waals surface area contributed by atoms with Gasteiger partial charge in [-0.1, -0.05) is 65.8 Å². The Balaban J connectivity index is 1.58. The van der Waals surface area contributed by atoms with Crippen molar-refractivity contribution >= 4 is 11.7 Å². The fourth-order valence-corrected chi connectivity index (χ4v) is 3.36. The van der Waals surface area contributed by atoms with Gasteiger partial charge in [0.25, 0.3) is 0 Å². The fraction of sp³-hybridized carbons (Fsp3) is 0.364. The molecule has 1 heterocycles. The Morgan fingerprint density at radius 1 is 1.11 bits per heavy atom. The molecule has 2 aromatic carbocycles. The Labute approximate surface area is 160 Å². The minimum atomic E-state index is -0.701. The van der Waals surface area contributed by atoms with E-state index in [-0.39, 0.29) is 5.92 Å². The topological polar surface area (TPSA) is 62.1 Å². The van der Waals surface area contributed by atoms with Crippen LogP contribution in [-0.2, 0) is 16.1 Å². The lowest BCUT2D eigenvalue weighted by atomic mass is 9.98. The summed E-state index contributed by atoms with van der Waals surface area (Å²) in [5.74, 6) is -0.965. The molecule has 5 nitrogen and oxygen atoms in total. The lowest BCUT2D eigenvalue weighted by molar-refractivity contribution is -0.143. The van der Waals surface area contributed by atoms with Crippen molar-refractivity contribution < 1.29 is 14.7 Å². The molecule has 0 bridgehead atoms. The third kappa shape index (κ3) is 5.93. The zero-order valence-corrected chi connectivity index (χ0v) is 15.5. The highest BCUT2D eigenvalue weighted by Crippen LogP contribution is 2.16. The predicted molar refractivity (Wildman–Crippen MR) is 106 cm³/mol. The van der Waals surface area contributed by atoms with Crippen LogP contribution in [0.25, 0.3) is 0 Å². The van der Waals surface area contributed by atoms with Gasteiger partial charge in [0.1, 0.15) is 6.61 Å². The number of benzene rings is 2. The zero-order chi connectivity index (χ0) is 18.9. The normalized spacial score (nSPS) is 18.2. The first-order chi connectivity index (χ1) is 13.2. The van der Waals surface area contributed by atoms with Crippen LogP contribution in [0, 0.1) is 5.92 Å². The van der Waals surface area contributed by atoms with Gasteiger partial charge in [0, 0.05) is 19.5 Å². The van der Waals surface area contributed by atoms with Gasteiger partial charge in [-0.2, -0.15) is 0 Å². The van der Waals surface area contributed by atoms with Crippen LogP contribution in [0.1, 0.15) is 24.0 Å². The minimum Gasteiger partial charge on any atom is -0.481 e. The van der Waals surface area contributed by atoms with Gasteiger partial charge in [-0.25, -0.2) is 0 Å². The average molecular weight is 366 g/mol. The van der Waals surface area contributed by atoms with Crippen LogP contribution < -0.4 is 0 Å². The lowest BCUT2D eigenvalue weighted by Crippen LogP contribution is -2.40. The number of hydrogen-bond donors (Lipinski definition) is 1. The first kappa shape index (κ1) is 19.1. The number of carboxylic acid groups (broad SMARTS) is 1. The number of carbonyl (C=O) groups is 1. The molecule has 2 aromatic rings. The van der Waals surface area contributed by atoms with Crippen molar-refractivity contribution in [2.45, 2.75) is 19.3 Å². The summed E-state index contributed by atoms with van der Waals surface area (Å²) in [6.45, 7) is 2.67. The van der Waals surface area contributed by atoms with E-state index in [1.165, 1.54) is 5.56 Å². The van der Waals surface area contributed by atoms with E-state index in [9.17, 15) is 9.90 Å². The maximum Gasteiger partial charge on any atom is 0.307 e. The van der Waals surface area contributed by atoms with Crippen molar-refractivity contribution in [3.8, 4) is 0 Å². The number of piperidine rings is 1. The Bertz CT molecular complexity index is 747. The molecule has 142 valence electrons. The molecule has 1 atom stereocenters. The fourth-order valence-electron chi connectivity index (χ4n) is 3.36. The van der Waals surface area contributed by atoms with E-state index in [0.717, 1.165) is 30.7 Å². The van der Waals surface area contributed by atoms with E-state index in [1.807, 2.05) is 48.5 Å². The molecule has 0 unspecified atom stereocenters. The monoisotopic (exact) mass is 366 g/mol. The number of hydrogen-bond acceptors (Lipinski definition) is 4. The van der Waals surface area contributed by atoms with Crippen LogP contribution in [0.5, 0.6) is 0 Å². The van der Waals surface area contributed by atoms with Crippen molar-refractivity contribution in [2.75, 3.05) is 26.2 Å². The van der Waals surface area contributed by atoms with Gasteiger partial charge in [-0.3, -0.25) is 9.69 Å². The van der Waals surface area contributed by atoms with E-state index in [2.05, 4.69) is 22.2 Å².